The molecule has 1 aliphatic rings. The molecule has 0 N–H and O–H groups in total. The molecule has 1 heteroatoms. The molecule has 1 aromatic rings. The molecule has 0 aromatic heterocycles. The van der Waals surface area contributed by atoms with Gasteiger partial charge in [0.2, 0.25) is 0 Å². The molecule has 0 radical (unpaired) electrons. The van der Waals surface area contributed by atoms with Crippen molar-refractivity contribution in [3.8, 4) is 0 Å². The minimum absolute atomic E-state index is 0.933. The molecule has 1 aromatic carbocycles. The summed E-state index contributed by atoms with van der Waals surface area (Å²) in [5, 5.41) is 0.933. The maximum absolute atomic E-state index is 2.47. The maximum Gasteiger partial charge on any atom is 0.00785 e. The van der Waals surface area contributed by atoms with Crippen molar-refractivity contribution >= 4 is 11.8 Å². The van der Waals surface area contributed by atoms with Crippen LogP contribution in [0.15, 0.2) is 42.5 Å². The molecule has 1 saturated heterocycles. The number of aryl methyl sites for hydroxylation is 1. The number of benzene rings is 1. The van der Waals surface area contributed by atoms with Gasteiger partial charge in [-0.1, -0.05) is 75.1 Å². The second-order valence-corrected chi connectivity index (χ2v) is 8.24. The molecule has 0 spiro atoms. The van der Waals surface area contributed by atoms with Crippen molar-refractivity contribution in [1.82, 2.24) is 0 Å². The van der Waals surface area contributed by atoms with Gasteiger partial charge in [-0.15, -0.1) is 0 Å². The highest BCUT2D eigenvalue weighted by atomic mass is 32.2. The molecule has 1 fully saturated rings. The second-order valence-electron chi connectivity index (χ2n) is 6.89. The summed E-state index contributed by atoms with van der Waals surface area (Å²) in [5.74, 6) is 2.34. The third-order valence-electron chi connectivity index (χ3n) is 4.97. The largest absolute Gasteiger partial charge is 0.158 e. The summed E-state index contributed by atoms with van der Waals surface area (Å²) in [5.41, 5.74) is 1.50. The Morgan fingerprint density at radius 2 is 1.91 bits per heavy atom. The highest BCUT2D eigenvalue weighted by Gasteiger charge is 2.26. The smallest absolute Gasteiger partial charge is 0.00785 e. The highest BCUT2D eigenvalue weighted by Crippen LogP contribution is 2.37. The van der Waals surface area contributed by atoms with Crippen LogP contribution in [0.5, 0.6) is 0 Å². The molecule has 2 unspecified atom stereocenters. The zero-order valence-corrected chi connectivity index (χ0v) is 15.7. The van der Waals surface area contributed by atoms with Crippen LogP contribution in [0.3, 0.4) is 0 Å². The van der Waals surface area contributed by atoms with Crippen LogP contribution in [0, 0.1) is 5.92 Å². The highest BCUT2D eigenvalue weighted by molar-refractivity contribution is 8.00. The van der Waals surface area contributed by atoms with E-state index in [-0.39, 0.29) is 0 Å². The normalized spacial score (nSPS) is 21.3. The summed E-state index contributed by atoms with van der Waals surface area (Å²) in [4.78, 5) is 0. The van der Waals surface area contributed by atoms with Gasteiger partial charge in [0.1, 0.15) is 0 Å². The summed E-state index contributed by atoms with van der Waals surface area (Å²) >= 11 is 2.24. The topological polar surface area (TPSA) is 0 Å². The third-order valence-corrected chi connectivity index (χ3v) is 6.49. The molecular weight excluding hydrogens is 296 g/mol. The van der Waals surface area contributed by atoms with Gasteiger partial charge in [-0.3, -0.25) is 0 Å². The van der Waals surface area contributed by atoms with Crippen LogP contribution in [-0.4, -0.2) is 11.0 Å². The van der Waals surface area contributed by atoms with Crippen LogP contribution in [-0.2, 0) is 6.42 Å². The number of unbranched alkanes of at least 4 members (excludes halogenated alkanes) is 4. The third kappa shape index (κ3) is 7.61. The van der Waals surface area contributed by atoms with Gasteiger partial charge in [0.25, 0.3) is 0 Å². The average molecular weight is 331 g/mol. The lowest BCUT2D eigenvalue weighted by molar-refractivity contribution is 0.480. The number of hydrogen-bond donors (Lipinski definition) is 0. The van der Waals surface area contributed by atoms with E-state index in [1.807, 2.05) is 0 Å². The van der Waals surface area contributed by atoms with E-state index >= 15 is 0 Å². The molecule has 0 saturated carbocycles. The molecule has 0 amide bonds. The van der Waals surface area contributed by atoms with Gasteiger partial charge in [-0.05, 0) is 55.8 Å². The van der Waals surface area contributed by atoms with Gasteiger partial charge in [0.15, 0.2) is 0 Å². The lowest BCUT2D eigenvalue weighted by atomic mass is 9.94. The van der Waals surface area contributed by atoms with Gasteiger partial charge in [-0.2, -0.15) is 11.8 Å². The first kappa shape index (κ1) is 18.6. The van der Waals surface area contributed by atoms with Crippen LogP contribution < -0.4 is 0 Å². The van der Waals surface area contributed by atoms with Crippen molar-refractivity contribution in [3.63, 3.8) is 0 Å². The van der Waals surface area contributed by atoms with Crippen LogP contribution in [0.4, 0.5) is 0 Å². The van der Waals surface area contributed by atoms with Crippen molar-refractivity contribution in [2.45, 2.75) is 76.4 Å². The summed E-state index contributed by atoms with van der Waals surface area (Å²) in [6.45, 7) is 2.27. The molecule has 1 heterocycles. The summed E-state index contributed by atoms with van der Waals surface area (Å²) in [6.07, 6.45) is 18.4. The minimum Gasteiger partial charge on any atom is -0.158 e. The lowest BCUT2D eigenvalue weighted by Crippen LogP contribution is -2.10. The van der Waals surface area contributed by atoms with Crippen LogP contribution in [0.25, 0.3) is 0 Å². The molecule has 1 aliphatic heterocycles. The lowest BCUT2D eigenvalue weighted by Gasteiger charge is -2.17. The van der Waals surface area contributed by atoms with E-state index in [4.69, 9.17) is 0 Å². The van der Waals surface area contributed by atoms with Crippen molar-refractivity contribution in [3.05, 3.63) is 48.0 Å². The first-order chi connectivity index (χ1) is 11.4. The Labute approximate surface area is 148 Å². The molecule has 2 atom stereocenters. The number of allylic oxidation sites excluding steroid dienone is 2. The van der Waals surface area contributed by atoms with Gasteiger partial charge >= 0.3 is 0 Å². The van der Waals surface area contributed by atoms with Crippen molar-refractivity contribution < 1.29 is 0 Å². The molecular formula is C22H34S. The predicted octanol–water partition coefficient (Wildman–Crippen LogP) is 7.05. The van der Waals surface area contributed by atoms with Gasteiger partial charge in [0.05, 0.1) is 0 Å². The molecule has 23 heavy (non-hydrogen) atoms. The average Bonchev–Trinajstić information content (AvgIpc) is 3.03. The monoisotopic (exact) mass is 330 g/mol. The zero-order valence-electron chi connectivity index (χ0n) is 14.9. The van der Waals surface area contributed by atoms with E-state index < -0.39 is 0 Å². The van der Waals surface area contributed by atoms with Gasteiger partial charge in [0, 0.05) is 5.25 Å². The van der Waals surface area contributed by atoms with Crippen LogP contribution in [0.2, 0.25) is 0 Å². The Morgan fingerprint density at radius 3 is 2.74 bits per heavy atom. The fraction of sp³-hybridized carbons (Fsp3) is 0.636. The Bertz CT molecular complexity index is 423. The SMILES string of the molecule is CCCC/C=C\CC1CCSC1CCCCCc1ccccc1. The molecule has 0 bridgehead atoms. The fourth-order valence-electron chi connectivity index (χ4n) is 3.49. The van der Waals surface area contributed by atoms with Crippen molar-refractivity contribution in [1.29, 1.82) is 0 Å². The predicted molar refractivity (Wildman–Crippen MR) is 106 cm³/mol. The second kappa shape index (κ2) is 11.8. The number of thioether (sulfide) groups is 1. The van der Waals surface area contributed by atoms with E-state index in [9.17, 15) is 0 Å². The summed E-state index contributed by atoms with van der Waals surface area (Å²) < 4.78 is 0. The van der Waals surface area contributed by atoms with E-state index in [2.05, 4.69) is 61.2 Å². The Balaban J connectivity index is 1.56. The van der Waals surface area contributed by atoms with Crippen LogP contribution in [0.1, 0.15) is 70.3 Å². The first-order valence-electron chi connectivity index (χ1n) is 9.70. The molecule has 128 valence electrons. The summed E-state index contributed by atoms with van der Waals surface area (Å²) in [7, 11) is 0. The van der Waals surface area contributed by atoms with E-state index in [1.165, 1.54) is 75.5 Å². The standard InChI is InChI=1S/C22H34S/c1-2-3-4-5-11-16-21-18-19-23-22(21)17-12-7-10-15-20-13-8-6-9-14-20/h5-6,8-9,11,13-14,21-22H,2-4,7,10,12,15-19H2,1H3/b11-5-. The number of hydrogen-bond acceptors (Lipinski definition) is 1. The Morgan fingerprint density at radius 1 is 1.04 bits per heavy atom. The number of rotatable bonds is 11. The zero-order chi connectivity index (χ0) is 16.2. The fourth-order valence-corrected chi connectivity index (χ4v) is 5.08. The van der Waals surface area contributed by atoms with E-state index in [1.54, 1.807) is 0 Å². The minimum atomic E-state index is 0.933. The van der Waals surface area contributed by atoms with Gasteiger partial charge in [-0.25, -0.2) is 0 Å². The van der Waals surface area contributed by atoms with Crippen molar-refractivity contribution in [2.75, 3.05) is 5.75 Å². The van der Waals surface area contributed by atoms with Crippen LogP contribution >= 0.6 is 11.8 Å². The van der Waals surface area contributed by atoms with Crippen molar-refractivity contribution in [2.24, 2.45) is 5.92 Å². The van der Waals surface area contributed by atoms with E-state index in [0.29, 0.717) is 0 Å². The van der Waals surface area contributed by atoms with E-state index in [0.717, 1.165) is 11.2 Å². The quantitative estimate of drug-likeness (QED) is 0.309. The Kier molecular flexibility index (Phi) is 9.55. The van der Waals surface area contributed by atoms with Gasteiger partial charge < -0.3 is 0 Å². The summed E-state index contributed by atoms with van der Waals surface area (Å²) in [6, 6.07) is 10.9. The molecule has 0 aliphatic carbocycles. The first-order valence-corrected chi connectivity index (χ1v) is 10.8. The molecule has 2 rings (SSSR count). The maximum atomic E-state index is 2.47. The Hall–Kier alpha value is -0.690. The molecule has 0 nitrogen and oxygen atoms in total.